The van der Waals surface area contributed by atoms with Gasteiger partial charge in [0.2, 0.25) is 11.8 Å². The predicted octanol–water partition coefficient (Wildman–Crippen LogP) is 2.23. The molecule has 1 heterocycles. The second kappa shape index (κ2) is 7.18. The zero-order valence-corrected chi connectivity index (χ0v) is 13.9. The van der Waals surface area contributed by atoms with E-state index in [1.54, 1.807) is 11.1 Å². The van der Waals surface area contributed by atoms with Gasteiger partial charge in [0.15, 0.2) is 0 Å². The second-order valence-corrected chi connectivity index (χ2v) is 6.61. The summed E-state index contributed by atoms with van der Waals surface area (Å²) in [4.78, 5) is 26.1. The Balaban J connectivity index is 1.74. The molecular formula is C19H24N2O3. The summed E-state index contributed by atoms with van der Waals surface area (Å²) in [7, 11) is 0. The van der Waals surface area contributed by atoms with Crippen LogP contribution < -0.4 is 5.32 Å². The lowest BCUT2D eigenvalue weighted by molar-refractivity contribution is -0.130. The van der Waals surface area contributed by atoms with E-state index in [0.717, 1.165) is 24.0 Å². The van der Waals surface area contributed by atoms with Crippen LogP contribution in [0.15, 0.2) is 30.5 Å². The van der Waals surface area contributed by atoms with Gasteiger partial charge in [0.1, 0.15) is 0 Å². The number of amides is 2. The lowest BCUT2D eigenvalue weighted by atomic mass is 9.93. The molecular weight excluding hydrogens is 304 g/mol. The van der Waals surface area contributed by atoms with Crippen LogP contribution >= 0.6 is 0 Å². The number of hydrogen-bond donors (Lipinski definition) is 2. The average Bonchev–Trinajstić information content (AvgIpc) is 3.39. The van der Waals surface area contributed by atoms with Gasteiger partial charge in [0.05, 0.1) is 12.5 Å². The van der Waals surface area contributed by atoms with E-state index in [9.17, 15) is 14.7 Å². The van der Waals surface area contributed by atoms with E-state index >= 15 is 0 Å². The van der Waals surface area contributed by atoms with Crippen molar-refractivity contribution < 1.29 is 14.7 Å². The summed E-state index contributed by atoms with van der Waals surface area (Å²) in [5.41, 5.74) is 2.04. The molecule has 2 amide bonds. The number of nitrogens with one attached hydrogen (secondary N) is 1. The van der Waals surface area contributed by atoms with Crippen LogP contribution in [-0.4, -0.2) is 34.5 Å². The minimum Gasteiger partial charge on any atom is -0.396 e. The van der Waals surface area contributed by atoms with Crippen LogP contribution in [0.25, 0.3) is 6.08 Å². The first-order valence-electron chi connectivity index (χ1n) is 8.56. The molecule has 0 spiro atoms. The van der Waals surface area contributed by atoms with Crippen LogP contribution in [0.4, 0.5) is 0 Å². The van der Waals surface area contributed by atoms with E-state index in [0.29, 0.717) is 12.3 Å². The zero-order chi connectivity index (χ0) is 17.1. The van der Waals surface area contributed by atoms with Gasteiger partial charge in [0, 0.05) is 25.8 Å². The van der Waals surface area contributed by atoms with Crippen molar-refractivity contribution in [3.63, 3.8) is 0 Å². The number of fused-ring (bicyclic) bond motifs is 1. The van der Waals surface area contributed by atoms with Crippen molar-refractivity contribution >= 4 is 17.9 Å². The maximum absolute atomic E-state index is 12.6. The van der Waals surface area contributed by atoms with Crippen LogP contribution in [0.2, 0.25) is 0 Å². The number of aliphatic hydroxyl groups excluding tert-OH is 1. The highest BCUT2D eigenvalue weighted by atomic mass is 16.3. The molecule has 1 saturated carbocycles. The van der Waals surface area contributed by atoms with E-state index in [1.807, 2.05) is 30.3 Å². The quantitative estimate of drug-likeness (QED) is 0.841. The van der Waals surface area contributed by atoms with Crippen LogP contribution in [0.3, 0.4) is 0 Å². The number of hydrogen-bond acceptors (Lipinski definition) is 3. The topological polar surface area (TPSA) is 69.6 Å². The molecule has 2 atom stereocenters. The van der Waals surface area contributed by atoms with E-state index in [2.05, 4.69) is 5.32 Å². The van der Waals surface area contributed by atoms with Gasteiger partial charge < -0.3 is 15.3 Å². The molecule has 0 saturated heterocycles. The van der Waals surface area contributed by atoms with Gasteiger partial charge in [0.25, 0.3) is 0 Å². The molecule has 2 unspecified atom stereocenters. The smallest absolute Gasteiger partial charge is 0.223 e. The van der Waals surface area contributed by atoms with E-state index in [4.69, 9.17) is 0 Å². The molecule has 2 aliphatic rings. The Kier molecular flexibility index (Phi) is 5.00. The SMILES string of the molecule is CC(=O)N1C=Cc2ccccc2C1CC(=O)NC(CCO)C1CC1. The third-order valence-electron chi connectivity index (χ3n) is 4.83. The van der Waals surface area contributed by atoms with E-state index < -0.39 is 0 Å². The fraction of sp³-hybridized carbons (Fsp3) is 0.474. The molecule has 2 N–H and O–H groups in total. The summed E-state index contributed by atoms with van der Waals surface area (Å²) in [6.07, 6.45) is 6.71. The molecule has 3 rings (SSSR count). The minimum absolute atomic E-state index is 0.0441. The van der Waals surface area contributed by atoms with Crippen LogP contribution in [0, 0.1) is 5.92 Å². The van der Waals surface area contributed by atoms with Gasteiger partial charge in [-0.2, -0.15) is 0 Å². The lowest BCUT2D eigenvalue weighted by Crippen LogP contribution is -2.40. The normalized spacial score (nSPS) is 20.4. The van der Waals surface area contributed by atoms with Crippen molar-refractivity contribution in [2.45, 2.75) is 44.7 Å². The summed E-state index contributed by atoms with van der Waals surface area (Å²) in [6.45, 7) is 1.60. The first-order valence-corrected chi connectivity index (χ1v) is 8.56. The summed E-state index contributed by atoms with van der Waals surface area (Å²) in [5.74, 6) is 0.345. The Hall–Kier alpha value is -2.14. The van der Waals surface area contributed by atoms with Gasteiger partial charge in [-0.15, -0.1) is 0 Å². The average molecular weight is 328 g/mol. The van der Waals surface area contributed by atoms with Crippen molar-refractivity contribution in [2.75, 3.05) is 6.61 Å². The maximum atomic E-state index is 12.6. The monoisotopic (exact) mass is 328 g/mol. The molecule has 5 nitrogen and oxygen atoms in total. The van der Waals surface area contributed by atoms with Gasteiger partial charge >= 0.3 is 0 Å². The first-order chi connectivity index (χ1) is 11.6. The Morgan fingerprint density at radius 1 is 1.33 bits per heavy atom. The molecule has 5 heteroatoms. The lowest BCUT2D eigenvalue weighted by Gasteiger charge is -2.32. The van der Waals surface area contributed by atoms with Crippen molar-refractivity contribution in [3.8, 4) is 0 Å². The van der Waals surface area contributed by atoms with Crippen LogP contribution in [0.5, 0.6) is 0 Å². The molecule has 0 bridgehead atoms. The molecule has 0 radical (unpaired) electrons. The highest BCUT2D eigenvalue weighted by Crippen LogP contribution is 2.35. The van der Waals surface area contributed by atoms with Crippen molar-refractivity contribution in [1.29, 1.82) is 0 Å². The Bertz CT molecular complexity index is 652. The third-order valence-corrected chi connectivity index (χ3v) is 4.83. The largest absolute Gasteiger partial charge is 0.396 e. The fourth-order valence-electron chi connectivity index (χ4n) is 3.42. The van der Waals surface area contributed by atoms with Crippen molar-refractivity contribution in [3.05, 3.63) is 41.6 Å². The fourth-order valence-corrected chi connectivity index (χ4v) is 3.42. The summed E-state index contributed by atoms with van der Waals surface area (Å²) in [6, 6.07) is 7.61. The molecule has 24 heavy (non-hydrogen) atoms. The maximum Gasteiger partial charge on any atom is 0.223 e. The molecule has 1 aliphatic carbocycles. The van der Waals surface area contributed by atoms with Gasteiger partial charge in [-0.1, -0.05) is 24.3 Å². The third kappa shape index (κ3) is 3.67. The van der Waals surface area contributed by atoms with Crippen molar-refractivity contribution in [2.24, 2.45) is 5.92 Å². The number of nitrogens with zero attached hydrogens (tertiary/aromatic N) is 1. The number of carbonyl (C=O) groups is 2. The van der Waals surface area contributed by atoms with Crippen molar-refractivity contribution in [1.82, 2.24) is 10.2 Å². The predicted molar refractivity (Wildman–Crippen MR) is 91.7 cm³/mol. The van der Waals surface area contributed by atoms with Gasteiger partial charge in [-0.05, 0) is 42.4 Å². The number of rotatable bonds is 6. The molecule has 0 aromatic heterocycles. The Labute approximate surface area is 142 Å². The number of carbonyl (C=O) groups excluding carboxylic acids is 2. The van der Waals surface area contributed by atoms with E-state index in [1.165, 1.54) is 6.92 Å². The van der Waals surface area contributed by atoms with Crippen LogP contribution in [0.1, 0.15) is 49.8 Å². The second-order valence-electron chi connectivity index (χ2n) is 6.61. The summed E-state index contributed by atoms with van der Waals surface area (Å²) < 4.78 is 0. The highest BCUT2D eigenvalue weighted by Gasteiger charge is 2.33. The number of aliphatic hydroxyl groups is 1. The molecule has 1 fully saturated rings. The first kappa shape index (κ1) is 16.7. The molecule has 128 valence electrons. The van der Waals surface area contributed by atoms with Gasteiger partial charge in [-0.3, -0.25) is 9.59 Å². The summed E-state index contributed by atoms with van der Waals surface area (Å²) in [5, 5.41) is 12.2. The minimum atomic E-state index is -0.280. The van der Waals surface area contributed by atoms with E-state index in [-0.39, 0.29) is 36.9 Å². The molecule has 1 aliphatic heterocycles. The summed E-state index contributed by atoms with van der Waals surface area (Å²) >= 11 is 0. The van der Waals surface area contributed by atoms with Gasteiger partial charge in [-0.25, -0.2) is 0 Å². The standard InChI is InChI=1S/C19H24N2O3/c1-13(23)21-10-8-14-4-2-3-5-16(14)18(21)12-19(24)20-17(9-11-22)15-6-7-15/h2-5,8,10,15,17-18,22H,6-7,9,11-12H2,1H3,(H,20,24). The Morgan fingerprint density at radius 2 is 2.08 bits per heavy atom. The molecule has 1 aromatic carbocycles. The van der Waals surface area contributed by atoms with Crippen LogP contribution in [-0.2, 0) is 9.59 Å². The Morgan fingerprint density at radius 3 is 2.75 bits per heavy atom. The zero-order valence-electron chi connectivity index (χ0n) is 13.9. The highest BCUT2D eigenvalue weighted by molar-refractivity contribution is 5.82. The number of benzene rings is 1. The molecule has 1 aromatic rings.